The van der Waals surface area contributed by atoms with Gasteiger partial charge in [-0.1, -0.05) is 29.8 Å². The number of allylic oxidation sites excluding steroid dienone is 1. The van der Waals surface area contributed by atoms with Gasteiger partial charge < -0.3 is 9.84 Å². The number of carbonyl (C=O) groups is 1. The number of hydrogen-bond acceptors (Lipinski definition) is 3. The molecule has 4 heteroatoms. The molecule has 2 aromatic carbocycles. The lowest BCUT2D eigenvalue weighted by Crippen LogP contribution is -1.94. The zero-order valence-electron chi connectivity index (χ0n) is 10.8. The van der Waals surface area contributed by atoms with Gasteiger partial charge in [0.25, 0.3) is 0 Å². The summed E-state index contributed by atoms with van der Waals surface area (Å²) < 4.78 is 5.05. The van der Waals surface area contributed by atoms with Gasteiger partial charge in [0.2, 0.25) is 0 Å². The lowest BCUT2D eigenvalue weighted by atomic mass is 10.1. The van der Waals surface area contributed by atoms with Gasteiger partial charge in [-0.05, 0) is 42.0 Å². The molecule has 0 amide bonds. The van der Waals surface area contributed by atoms with E-state index < -0.39 is 0 Å². The van der Waals surface area contributed by atoms with Crippen molar-refractivity contribution in [2.75, 3.05) is 7.11 Å². The summed E-state index contributed by atoms with van der Waals surface area (Å²) in [7, 11) is 1.59. The normalized spacial score (nSPS) is 10.7. The fourth-order valence-electron chi connectivity index (χ4n) is 1.68. The van der Waals surface area contributed by atoms with Crippen molar-refractivity contribution in [2.45, 2.75) is 0 Å². The summed E-state index contributed by atoms with van der Waals surface area (Å²) in [5.41, 5.74) is 1.04. The maximum atomic E-state index is 12.0. The minimum Gasteiger partial charge on any atom is -0.507 e. The van der Waals surface area contributed by atoms with Gasteiger partial charge >= 0.3 is 0 Å². The van der Waals surface area contributed by atoms with Crippen molar-refractivity contribution in [2.24, 2.45) is 0 Å². The maximum Gasteiger partial charge on any atom is 0.189 e. The fourth-order valence-corrected chi connectivity index (χ4v) is 1.85. The van der Waals surface area contributed by atoms with Crippen molar-refractivity contribution in [1.29, 1.82) is 0 Å². The van der Waals surface area contributed by atoms with Crippen LogP contribution in [0, 0.1) is 0 Å². The van der Waals surface area contributed by atoms with Gasteiger partial charge in [-0.2, -0.15) is 0 Å². The highest BCUT2D eigenvalue weighted by Crippen LogP contribution is 2.22. The zero-order valence-corrected chi connectivity index (χ0v) is 11.6. The molecule has 0 aromatic heterocycles. The molecule has 0 bridgehead atoms. The molecule has 0 saturated heterocycles. The topological polar surface area (TPSA) is 46.5 Å². The molecule has 0 saturated carbocycles. The van der Waals surface area contributed by atoms with Gasteiger partial charge in [0, 0.05) is 5.02 Å². The highest BCUT2D eigenvalue weighted by Gasteiger charge is 2.08. The van der Waals surface area contributed by atoms with Crippen molar-refractivity contribution in [3.05, 3.63) is 64.7 Å². The van der Waals surface area contributed by atoms with Crippen LogP contribution in [0.4, 0.5) is 0 Å². The van der Waals surface area contributed by atoms with Gasteiger partial charge in [-0.25, -0.2) is 0 Å². The summed E-state index contributed by atoms with van der Waals surface area (Å²) in [6.07, 6.45) is 3.06. The molecular weight excluding hydrogens is 276 g/mol. The van der Waals surface area contributed by atoms with Crippen molar-refractivity contribution < 1.29 is 14.6 Å². The molecule has 0 heterocycles. The van der Waals surface area contributed by atoms with Crippen LogP contribution >= 0.6 is 11.6 Å². The SMILES string of the molecule is COc1ccc(/C=C/C(=O)c2cc(Cl)ccc2O)cc1. The molecule has 0 fully saturated rings. The Morgan fingerprint density at radius 3 is 2.55 bits per heavy atom. The smallest absolute Gasteiger partial charge is 0.189 e. The quantitative estimate of drug-likeness (QED) is 0.684. The van der Waals surface area contributed by atoms with Gasteiger partial charge in [-0.3, -0.25) is 4.79 Å². The number of carbonyl (C=O) groups excluding carboxylic acids is 1. The largest absolute Gasteiger partial charge is 0.507 e. The van der Waals surface area contributed by atoms with E-state index in [1.165, 1.54) is 24.3 Å². The fraction of sp³-hybridized carbons (Fsp3) is 0.0625. The molecule has 2 aromatic rings. The number of aromatic hydroxyl groups is 1. The molecule has 0 unspecified atom stereocenters. The minimum absolute atomic E-state index is 0.0845. The first kappa shape index (κ1) is 14.2. The summed E-state index contributed by atoms with van der Waals surface area (Å²) in [6, 6.07) is 11.7. The zero-order chi connectivity index (χ0) is 14.5. The van der Waals surface area contributed by atoms with Crippen LogP contribution in [0.2, 0.25) is 5.02 Å². The van der Waals surface area contributed by atoms with Gasteiger partial charge in [-0.15, -0.1) is 0 Å². The number of ketones is 1. The molecule has 0 radical (unpaired) electrons. The molecule has 1 N–H and O–H groups in total. The van der Waals surface area contributed by atoms with Crippen LogP contribution in [-0.2, 0) is 0 Å². The third kappa shape index (κ3) is 3.39. The number of benzene rings is 2. The number of halogens is 1. The van der Waals surface area contributed by atoms with Crippen LogP contribution in [0.1, 0.15) is 15.9 Å². The second-order valence-corrected chi connectivity index (χ2v) is 4.57. The highest BCUT2D eigenvalue weighted by atomic mass is 35.5. The Balaban J connectivity index is 2.17. The van der Waals surface area contributed by atoms with E-state index in [4.69, 9.17) is 16.3 Å². The van der Waals surface area contributed by atoms with E-state index in [9.17, 15) is 9.90 Å². The molecule has 0 aliphatic rings. The second kappa shape index (κ2) is 6.26. The molecule has 0 spiro atoms. The number of ether oxygens (including phenoxy) is 1. The number of phenols is 1. The van der Waals surface area contributed by atoms with Crippen molar-refractivity contribution >= 4 is 23.5 Å². The van der Waals surface area contributed by atoms with Crippen LogP contribution in [0.3, 0.4) is 0 Å². The van der Waals surface area contributed by atoms with E-state index in [0.717, 1.165) is 11.3 Å². The third-order valence-corrected chi connectivity index (χ3v) is 3.00. The molecular formula is C16H13ClO3. The lowest BCUT2D eigenvalue weighted by molar-refractivity contribution is 0.104. The van der Waals surface area contributed by atoms with E-state index in [0.29, 0.717) is 5.02 Å². The first-order valence-corrected chi connectivity index (χ1v) is 6.33. The number of phenolic OH excluding ortho intramolecular Hbond substituents is 1. The highest BCUT2D eigenvalue weighted by molar-refractivity contribution is 6.31. The second-order valence-electron chi connectivity index (χ2n) is 4.13. The molecule has 0 atom stereocenters. The van der Waals surface area contributed by atoms with Crippen LogP contribution in [0.5, 0.6) is 11.5 Å². The third-order valence-electron chi connectivity index (χ3n) is 2.77. The predicted octanol–water partition coefficient (Wildman–Crippen LogP) is 3.95. The molecule has 3 nitrogen and oxygen atoms in total. The average molecular weight is 289 g/mol. The Bertz CT molecular complexity index is 645. The Hall–Kier alpha value is -2.26. The van der Waals surface area contributed by atoms with Crippen molar-refractivity contribution in [3.63, 3.8) is 0 Å². The Morgan fingerprint density at radius 1 is 1.20 bits per heavy atom. The van der Waals surface area contributed by atoms with Gasteiger partial charge in [0.05, 0.1) is 12.7 Å². The van der Waals surface area contributed by atoms with Crippen molar-refractivity contribution in [1.82, 2.24) is 0 Å². The lowest BCUT2D eigenvalue weighted by Gasteiger charge is -2.01. The minimum atomic E-state index is -0.305. The van der Waals surface area contributed by atoms with E-state index in [1.807, 2.05) is 12.1 Å². The summed E-state index contributed by atoms with van der Waals surface area (Å²) in [5, 5.41) is 10.0. The summed E-state index contributed by atoms with van der Waals surface area (Å²) in [5.74, 6) is 0.362. The van der Waals surface area contributed by atoms with E-state index in [-0.39, 0.29) is 17.1 Å². The van der Waals surface area contributed by atoms with Gasteiger partial charge in [0.15, 0.2) is 5.78 Å². The van der Waals surface area contributed by atoms with Crippen LogP contribution < -0.4 is 4.74 Å². The standard InChI is InChI=1S/C16H13ClO3/c1-20-13-6-2-11(3-7-13)4-8-15(18)14-10-12(17)5-9-16(14)19/h2-10,19H,1H3/b8-4+. The van der Waals surface area contributed by atoms with E-state index >= 15 is 0 Å². The molecule has 0 aliphatic heterocycles. The Labute approximate surface area is 122 Å². The summed E-state index contributed by atoms with van der Waals surface area (Å²) in [6.45, 7) is 0. The van der Waals surface area contributed by atoms with E-state index in [2.05, 4.69) is 0 Å². The number of hydrogen-bond donors (Lipinski definition) is 1. The summed E-state index contributed by atoms with van der Waals surface area (Å²) >= 11 is 5.81. The monoisotopic (exact) mass is 288 g/mol. The van der Waals surface area contributed by atoms with Crippen LogP contribution in [-0.4, -0.2) is 18.0 Å². The number of rotatable bonds is 4. The predicted molar refractivity (Wildman–Crippen MR) is 79.5 cm³/mol. The first-order chi connectivity index (χ1) is 9.60. The van der Waals surface area contributed by atoms with Gasteiger partial charge in [0.1, 0.15) is 11.5 Å². The maximum absolute atomic E-state index is 12.0. The average Bonchev–Trinajstić information content (AvgIpc) is 2.47. The first-order valence-electron chi connectivity index (χ1n) is 5.95. The van der Waals surface area contributed by atoms with Crippen LogP contribution in [0.25, 0.3) is 6.08 Å². The molecule has 20 heavy (non-hydrogen) atoms. The Morgan fingerprint density at radius 2 is 1.90 bits per heavy atom. The molecule has 102 valence electrons. The Kier molecular flexibility index (Phi) is 4.43. The van der Waals surface area contributed by atoms with Crippen LogP contribution in [0.15, 0.2) is 48.5 Å². The molecule has 2 rings (SSSR count). The number of methoxy groups -OCH3 is 1. The van der Waals surface area contributed by atoms with E-state index in [1.54, 1.807) is 25.3 Å². The summed E-state index contributed by atoms with van der Waals surface area (Å²) in [4.78, 5) is 12.0. The van der Waals surface area contributed by atoms with Crippen molar-refractivity contribution in [3.8, 4) is 11.5 Å². The molecule has 0 aliphatic carbocycles.